The second-order valence-electron chi connectivity index (χ2n) is 5.65. The highest BCUT2D eigenvalue weighted by atomic mass is 16.5. The van der Waals surface area contributed by atoms with Crippen LogP contribution in [0.4, 0.5) is 11.7 Å². The highest BCUT2D eigenvalue weighted by molar-refractivity contribution is 6.03. The van der Waals surface area contributed by atoms with Crippen molar-refractivity contribution in [1.82, 2.24) is 10.2 Å². The molecule has 0 saturated heterocycles. The molecule has 0 unspecified atom stereocenters. The third kappa shape index (κ3) is 4.71. The molecule has 0 radical (unpaired) electrons. The molecule has 0 bridgehead atoms. The van der Waals surface area contributed by atoms with Crippen LogP contribution in [0.5, 0.6) is 5.75 Å². The molecule has 0 fully saturated rings. The molecule has 144 valence electrons. The van der Waals surface area contributed by atoms with Gasteiger partial charge >= 0.3 is 6.01 Å². The van der Waals surface area contributed by atoms with E-state index >= 15 is 0 Å². The van der Waals surface area contributed by atoms with Crippen LogP contribution in [0.3, 0.4) is 0 Å². The number of aromatic nitrogens is 2. The van der Waals surface area contributed by atoms with Gasteiger partial charge < -0.3 is 19.2 Å². The van der Waals surface area contributed by atoms with Gasteiger partial charge in [-0.25, -0.2) is 0 Å². The number of amides is 2. The fraction of sp³-hybridized carbons (Fsp3) is 0.158. The van der Waals surface area contributed by atoms with Gasteiger partial charge in [-0.15, -0.1) is 5.10 Å². The Morgan fingerprint density at radius 1 is 0.964 bits per heavy atom. The van der Waals surface area contributed by atoms with Gasteiger partial charge in [-0.1, -0.05) is 5.10 Å². The number of carbonyl (C=O) groups is 2. The molecule has 9 nitrogen and oxygen atoms in total. The van der Waals surface area contributed by atoms with Crippen LogP contribution in [-0.2, 0) is 9.53 Å². The monoisotopic (exact) mass is 382 g/mol. The summed E-state index contributed by atoms with van der Waals surface area (Å²) in [5.74, 6) is 0.282. The van der Waals surface area contributed by atoms with Gasteiger partial charge in [-0.05, 0) is 48.5 Å². The van der Waals surface area contributed by atoms with Crippen LogP contribution in [0.15, 0.2) is 52.9 Å². The Labute approximate surface area is 160 Å². The average Bonchev–Trinajstić information content (AvgIpc) is 3.17. The molecule has 3 aromatic rings. The van der Waals surface area contributed by atoms with Crippen LogP contribution in [0.25, 0.3) is 11.5 Å². The zero-order valence-electron chi connectivity index (χ0n) is 15.3. The van der Waals surface area contributed by atoms with Crippen molar-refractivity contribution < 1.29 is 23.5 Å². The Kier molecular flexibility index (Phi) is 5.97. The number of nitrogens with zero attached hydrogens (tertiary/aromatic N) is 2. The van der Waals surface area contributed by atoms with E-state index in [4.69, 9.17) is 13.9 Å². The molecule has 1 aromatic heterocycles. The van der Waals surface area contributed by atoms with Gasteiger partial charge in [0.2, 0.25) is 11.8 Å². The van der Waals surface area contributed by atoms with E-state index in [-0.39, 0.29) is 24.4 Å². The normalized spacial score (nSPS) is 10.4. The predicted octanol–water partition coefficient (Wildman–Crippen LogP) is 2.58. The number of nitrogens with one attached hydrogen (secondary N) is 2. The Morgan fingerprint density at radius 3 is 2.32 bits per heavy atom. The lowest BCUT2D eigenvalue weighted by Crippen LogP contribution is -2.17. The molecule has 0 aliphatic heterocycles. The van der Waals surface area contributed by atoms with E-state index in [0.29, 0.717) is 22.6 Å². The number of anilines is 2. The van der Waals surface area contributed by atoms with Gasteiger partial charge in [0.1, 0.15) is 12.4 Å². The van der Waals surface area contributed by atoms with E-state index in [1.54, 1.807) is 55.6 Å². The Bertz CT molecular complexity index is 951. The van der Waals surface area contributed by atoms with Crippen LogP contribution in [0.2, 0.25) is 0 Å². The lowest BCUT2D eigenvalue weighted by atomic mass is 10.2. The lowest BCUT2D eigenvalue weighted by Gasteiger charge is -2.05. The van der Waals surface area contributed by atoms with Gasteiger partial charge in [0.15, 0.2) is 0 Å². The van der Waals surface area contributed by atoms with E-state index in [2.05, 4.69) is 20.8 Å². The van der Waals surface area contributed by atoms with Gasteiger partial charge in [0, 0.05) is 23.9 Å². The molecule has 2 N–H and O–H groups in total. The lowest BCUT2D eigenvalue weighted by molar-refractivity contribution is -0.119. The van der Waals surface area contributed by atoms with Crippen molar-refractivity contribution in [1.29, 1.82) is 0 Å². The quantitative estimate of drug-likeness (QED) is 0.645. The van der Waals surface area contributed by atoms with E-state index < -0.39 is 5.91 Å². The molecule has 0 atom stereocenters. The maximum atomic E-state index is 12.3. The number of methoxy groups -OCH3 is 2. The maximum absolute atomic E-state index is 12.3. The van der Waals surface area contributed by atoms with Crippen molar-refractivity contribution in [2.75, 3.05) is 31.5 Å². The van der Waals surface area contributed by atoms with Gasteiger partial charge in [0.05, 0.1) is 7.11 Å². The summed E-state index contributed by atoms with van der Waals surface area (Å²) in [7, 11) is 3.01. The molecule has 28 heavy (non-hydrogen) atoms. The Morgan fingerprint density at radius 2 is 1.68 bits per heavy atom. The molecule has 9 heteroatoms. The number of rotatable bonds is 7. The zero-order valence-corrected chi connectivity index (χ0v) is 15.3. The highest BCUT2D eigenvalue weighted by Gasteiger charge is 2.13. The first kappa shape index (κ1) is 19.1. The summed E-state index contributed by atoms with van der Waals surface area (Å²) in [4.78, 5) is 23.8. The molecule has 0 aliphatic rings. The van der Waals surface area contributed by atoms with Crippen molar-refractivity contribution in [3.8, 4) is 17.2 Å². The van der Waals surface area contributed by atoms with Crippen LogP contribution in [-0.4, -0.2) is 42.8 Å². The summed E-state index contributed by atoms with van der Waals surface area (Å²) in [5.41, 5.74) is 1.62. The van der Waals surface area contributed by atoms with E-state index in [1.807, 2.05) is 0 Å². The third-order valence-corrected chi connectivity index (χ3v) is 3.69. The van der Waals surface area contributed by atoms with Gasteiger partial charge in [0.25, 0.3) is 5.91 Å². The SMILES string of the molecule is COCC(=O)Nc1ccc(C(=O)Nc2nnc(-c3ccc(OC)cc3)o2)cc1. The molecule has 1 heterocycles. The van der Waals surface area contributed by atoms with Crippen molar-refractivity contribution >= 4 is 23.5 Å². The zero-order chi connectivity index (χ0) is 19.9. The van der Waals surface area contributed by atoms with Crippen molar-refractivity contribution in [2.45, 2.75) is 0 Å². The van der Waals surface area contributed by atoms with Crippen LogP contribution in [0.1, 0.15) is 10.4 Å². The number of carbonyl (C=O) groups excluding carboxylic acids is 2. The summed E-state index contributed by atoms with van der Waals surface area (Å²) in [5, 5.41) is 12.9. The first-order chi connectivity index (χ1) is 13.6. The van der Waals surface area contributed by atoms with Crippen LogP contribution < -0.4 is 15.4 Å². The molecule has 0 spiro atoms. The summed E-state index contributed by atoms with van der Waals surface area (Å²) in [6, 6.07) is 13.4. The second kappa shape index (κ2) is 8.78. The van der Waals surface area contributed by atoms with E-state index in [1.165, 1.54) is 7.11 Å². The Hall–Kier alpha value is -3.72. The molecular weight excluding hydrogens is 364 g/mol. The second-order valence-corrected chi connectivity index (χ2v) is 5.65. The first-order valence-electron chi connectivity index (χ1n) is 8.27. The van der Waals surface area contributed by atoms with E-state index in [0.717, 1.165) is 0 Å². The summed E-state index contributed by atoms with van der Waals surface area (Å²) in [6.45, 7) is -0.0457. The first-order valence-corrected chi connectivity index (χ1v) is 8.27. The average molecular weight is 382 g/mol. The van der Waals surface area contributed by atoms with Gasteiger partial charge in [-0.3, -0.25) is 14.9 Å². The third-order valence-electron chi connectivity index (χ3n) is 3.69. The smallest absolute Gasteiger partial charge is 0.322 e. The standard InChI is InChI=1S/C19H18N4O5/c1-26-11-16(24)20-14-7-3-12(4-8-14)17(25)21-19-23-22-18(28-19)13-5-9-15(27-2)10-6-13/h3-10H,11H2,1-2H3,(H,20,24)(H,21,23,25). The number of hydrogen-bond acceptors (Lipinski definition) is 7. The van der Waals surface area contributed by atoms with E-state index in [9.17, 15) is 9.59 Å². The molecule has 0 saturated carbocycles. The van der Waals surface area contributed by atoms with Crippen molar-refractivity contribution in [3.05, 3.63) is 54.1 Å². The predicted molar refractivity (Wildman–Crippen MR) is 101 cm³/mol. The number of ether oxygens (including phenoxy) is 2. The van der Waals surface area contributed by atoms with Crippen LogP contribution in [0, 0.1) is 0 Å². The molecular formula is C19H18N4O5. The molecule has 3 rings (SSSR count). The summed E-state index contributed by atoms with van der Waals surface area (Å²) >= 11 is 0. The summed E-state index contributed by atoms with van der Waals surface area (Å²) < 4.78 is 15.3. The highest BCUT2D eigenvalue weighted by Crippen LogP contribution is 2.22. The largest absolute Gasteiger partial charge is 0.497 e. The topological polar surface area (TPSA) is 116 Å². The fourth-order valence-electron chi connectivity index (χ4n) is 2.33. The summed E-state index contributed by atoms with van der Waals surface area (Å²) in [6.07, 6.45) is 0. The van der Waals surface area contributed by atoms with Crippen LogP contribution >= 0.6 is 0 Å². The fourth-order valence-corrected chi connectivity index (χ4v) is 2.33. The minimum Gasteiger partial charge on any atom is -0.497 e. The van der Waals surface area contributed by atoms with Crippen molar-refractivity contribution in [3.63, 3.8) is 0 Å². The maximum Gasteiger partial charge on any atom is 0.322 e. The number of benzene rings is 2. The minimum atomic E-state index is -0.417. The van der Waals surface area contributed by atoms with Crippen molar-refractivity contribution in [2.24, 2.45) is 0 Å². The molecule has 2 aromatic carbocycles. The minimum absolute atomic E-state index is 0.0201. The van der Waals surface area contributed by atoms with Gasteiger partial charge in [-0.2, -0.15) is 0 Å². The Balaban J connectivity index is 1.63. The number of hydrogen-bond donors (Lipinski definition) is 2. The molecule has 0 aliphatic carbocycles. The molecule has 2 amide bonds.